The lowest BCUT2D eigenvalue weighted by molar-refractivity contribution is -0.135. The molecule has 1 aliphatic heterocycles. The largest absolute Gasteiger partial charge is 0.334 e. The fourth-order valence-corrected chi connectivity index (χ4v) is 3.80. The van der Waals surface area contributed by atoms with Crippen molar-refractivity contribution in [3.63, 3.8) is 0 Å². The summed E-state index contributed by atoms with van der Waals surface area (Å²) in [7, 11) is 0. The van der Waals surface area contributed by atoms with E-state index in [1.807, 2.05) is 30.3 Å². The van der Waals surface area contributed by atoms with Crippen LogP contribution in [0.4, 0.5) is 9.59 Å². The summed E-state index contributed by atoms with van der Waals surface area (Å²) in [6.07, 6.45) is 6.13. The Balaban J connectivity index is 1.52. The molecule has 1 saturated carbocycles. The molecular weight excluding hydrogens is 360 g/mol. The molecule has 1 saturated heterocycles. The average Bonchev–Trinajstić information content (AvgIpc) is 2.89. The van der Waals surface area contributed by atoms with Gasteiger partial charge in [-0.2, -0.15) is 0 Å². The van der Waals surface area contributed by atoms with E-state index in [-0.39, 0.29) is 12.5 Å². The van der Waals surface area contributed by atoms with Crippen molar-refractivity contribution in [2.75, 3.05) is 6.54 Å². The fraction of sp³-hybridized carbons (Fsp3) is 0.500. The Morgan fingerprint density at radius 1 is 1.00 bits per heavy atom. The summed E-state index contributed by atoms with van der Waals surface area (Å²) < 4.78 is 0. The van der Waals surface area contributed by atoms with Gasteiger partial charge in [0.15, 0.2) is 0 Å². The van der Waals surface area contributed by atoms with Gasteiger partial charge in [-0.05, 0) is 18.4 Å². The number of imide groups is 2. The van der Waals surface area contributed by atoms with E-state index in [0.717, 1.165) is 42.6 Å². The Hall–Kier alpha value is -2.90. The molecule has 1 aromatic carbocycles. The highest BCUT2D eigenvalue weighted by atomic mass is 16.2. The van der Waals surface area contributed by atoms with Gasteiger partial charge in [-0.25, -0.2) is 9.59 Å². The van der Waals surface area contributed by atoms with Gasteiger partial charge in [0.2, 0.25) is 5.91 Å². The second kappa shape index (κ2) is 8.86. The van der Waals surface area contributed by atoms with E-state index < -0.39 is 30.1 Å². The molecule has 0 radical (unpaired) electrons. The molecule has 1 aliphatic carbocycles. The predicted molar refractivity (Wildman–Crippen MR) is 102 cm³/mol. The van der Waals surface area contributed by atoms with Gasteiger partial charge in [0.25, 0.3) is 5.91 Å². The molecule has 1 spiro atoms. The van der Waals surface area contributed by atoms with Crippen LogP contribution in [0.25, 0.3) is 0 Å². The minimum Gasteiger partial charge on any atom is -0.334 e. The first-order valence-electron chi connectivity index (χ1n) is 9.76. The highest BCUT2D eigenvalue weighted by Crippen LogP contribution is 2.31. The van der Waals surface area contributed by atoms with Gasteiger partial charge < -0.3 is 10.6 Å². The quantitative estimate of drug-likeness (QED) is 0.688. The minimum atomic E-state index is -0.895. The maximum Gasteiger partial charge on any atom is 0.325 e. The molecule has 0 aromatic heterocycles. The second-order valence-corrected chi connectivity index (χ2v) is 7.39. The third-order valence-corrected chi connectivity index (χ3v) is 5.30. The molecule has 1 heterocycles. The van der Waals surface area contributed by atoms with Gasteiger partial charge in [0, 0.05) is 6.54 Å². The third kappa shape index (κ3) is 4.68. The van der Waals surface area contributed by atoms with Crippen LogP contribution in [0.3, 0.4) is 0 Å². The molecule has 0 atom stereocenters. The summed E-state index contributed by atoms with van der Waals surface area (Å²) in [5.74, 6) is -1.06. The van der Waals surface area contributed by atoms with E-state index in [1.54, 1.807) is 0 Å². The van der Waals surface area contributed by atoms with Gasteiger partial charge in [-0.1, -0.05) is 62.4 Å². The van der Waals surface area contributed by atoms with Crippen LogP contribution >= 0.6 is 0 Å². The summed E-state index contributed by atoms with van der Waals surface area (Å²) >= 11 is 0. The number of hydrogen-bond acceptors (Lipinski definition) is 4. The van der Waals surface area contributed by atoms with E-state index in [0.29, 0.717) is 12.8 Å². The molecule has 8 nitrogen and oxygen atoms in total. The number of carbonyl (C=O) groups is 4. The van der Waals surface area contributed by atoms with Crippen LogP contribution in [-0.2, 0) is 16.1 Å². The van der Waals surface area contributed by atoms with E-state index in [4.69, 9.17) is 0 Å². The molecule has 2 fully saturated rings. The second-order valence-electron chi connectivity index (χ2n) is 7.39. The first-order valence-corrected chi connectivity index (χ1v) is 9.76. The molecule has 0 unspecified atom stereocenters. The number of hydrogen-bond donors (Lipinski definition) is 3. The van der Waals surface area contributed by atoms with Crippen molar-refractivity contribution in [3.8, 4) is 0 Å². The third-order valence-electron chi connectivity index (χ3n) is 5.30. The maximum atomic E-state index is 12.9. The molecule has 8 heteroatoms. The summed E-state index contributed by atoms with van der Waals surface area (Å²) in [5.41, 5.74) is -0.00158. The lowest BCUT2D eigenvalue weighted by Crippen LogP contribution is -2.49. The fourth-order valence-electron chi connectivity index (χ4n) is 3.80. The van der Waals surface area contributed by atoms with Crippen LogP contribution in [0.5, 0.6) is 0 Å². The van der Waals surface area contributed by atoms with E-state index in [2.05, 4.69) is 16.0 Å². The van der Waals surface area contributed by atoms with Crippen LogP contribution < -0.4 is 16.0 Å². The predicted octanol–water partition coefficient (Wildman–Crippen LogP) is 2.05. The van der Waals surface area contributed by atoms with Gasteiger partial charge in [-0.3, -0.25) is 19.8 Å². The standard InChI is InChI=1S/C20H26N4O4/c25-16(22-18(27)21-13-15-9-5-4-6-10-15)14-24-17(26)20(23-19(24)28)11-7-2-1-3-8-12-20/h4-6,9-10H,1-3,7-8,11-14H2,(H,23,28)(H2,21,22,25,27). The Morgan fingerprint density at radius 2 is 1.64 bits per heavy atom. The summed E-state index contributed by atoms with van der Waals surface area (Å²) in [5, 5.41) is 7.54. The van der Waals surface area contributed by atoms with E-state index >= 15 is 0 Å². The van der Waals surface area contributed by atoms with Crippen molar-refractivity contribution < 1.29 is 19.2 Å². The van der Waals surface area contributed by atoms with Gasteiger partial charge in [0.05, 0.1) is 0 Å². The summed E-state index contributed by atoms with van der Waals surface area (Å²) in [4.78, 5) is 50.1. The van der Waals surface area contributed by atoms with Crippen LogP contribution in [0.2, 0.25) is 0 Å². The summed E-state index contributed by atoms with van der Waals surface area (Å²) in [6.45, 7) is -0.197. The average molecular weight is 386 g/mol. The number of carbonyl (C=O) groups excluding carboxylic acids is 4. The number of rotatable bonds is 4. The van der Waals surface area contributed by atoms with Crippen molar-refractivity contribution in [3.05, 3.63) is 35.9 Å². The van der Waals surface area contributed by atoms with Crippen molar-refractivity contribution >= 4 is 23.9 Å². The normalized spacial score (nSPS) is 18.9. The zero-order valence-electron chi connectivity index (χ0n) is 15.8. The molecule has 2 aliphatic rings. The highest BCUT2D eigenvalue weighted by molar-refractivity contribution is 6.10. The Labute approximate surface area is 164 Å². The Kier molecular flexibility index (Phi) is 6.28. The number of urea groups is 2. The Morgan fingerprint density at radius 3 is 2.32 bits per heavy atom. The highest BCUT2D eigenvalue weighted by Gasteiger charge is 2.50. The van der Waals surface area contributed by atoms with Gasteiger partial charge >= 0.3 is 12.1 Å². The van der Waals surface area contributed by atoms with E-state index in [9.17, 15) is 19.2 Å². The topological polar surface area (TPSA) is 108 Å². The number of benzene rings is 1. The maximum absolute atomic E-state index is 12.9. The Bertz CT molecular complexity index is 742. The van der Waals surface area contributed by atoms with Crippen molar-refractivity contribution in [1.82, 2.24) is 20.9 Å². The molecule has 1 aromatic rings. The van der Waals surface area contributed by atoms with Gasteiger partial charge in [0.1, 0.15) is 12.1 Å². The molecule has 28 heavy (non-hydrogen) atoms. The van der Waals surface area contributed by atoms with Crippen LogP contribution in [-0.4, -0.2) is 40.9 Å². The zero-order chi connectivity index (χ0) is 20.0. The van der Waals surface area contributed by atoms with Crippen molar-refractivity contribution in [1.29, 1.82) is 0 Å². The lowest BCUT2D eigenvalue weighted by Gasteiger charge is -2.28. The van der Waals surface area contributed by atoms with Gasteiger partial charge in [-0.15, -0.1) is 0 Å². The molecule has 0 bridgehead atoms. The molecule has 3 N–H and O–H groups in total. The van der Waals surface area contributed by atoms with Crippen molar-refractivity contribution in [2.24, 2.45) is 0 Å². The van der Waals surface area contributed by atoms with Crippen LogP contribution in [0, 0.1) is 0 Å². The molecular formula is C20H26N4O4. The van der Waals surface area contributed by atoms with E-state index in [1.165, 1.54) is 0 Å². The SMILES string of the molecule is O=C(CN1C(=O)NC2(CCCCCCC2)C1=O)NC(=O)NCc1ccccc1. The van der Waals surface area contributed by atoms with Crippen LogP contribution in [0.1, 0.15) is 50.5 Å². The smallest absolute Gasteiger partial charge is 0.325 e. The number of amides is 6. The molecule has 3 rings (SSSR count). The molecule has 6 amide bonds. The van der Waals surface area contributed by atoms with Crippen molar-refractivity contribution in [2.45, 2.75) is 57.0 Å². The minimum absolute atomic E-state index is 0.270. The first-order chi connectivity index (χ1) is 13.5. The monoisotopic (exact) mass is 386 g/mol. The number of nitrogens with one attached hydrogen (secondary N) is 3. The lowest BCUT2D eigenvalue weighted by atomic mass is 9.84. The molecule has 150 valence electrons. The summed E-state index contributed by atoms with van der Waals surface area (Å²) in [6, 6.07) is 8.04. The van der Waals surface area contributed by atoms with Crippen LogP contribution in [0.15, 0.2) is 30.3 Å². The first kappa shape index (κ1) is 19.9. The number of nitrogens with zero attached hydrogens (tertiary/aromatic N) is 1. The zero-order valence-corrected chi connectivity index (χ0v) is 15.8.